The van der Waals surface area contributed by atoms with Crippen LogP contribution < -0.4 is 9.62 Å². The van der Waals surface area contributed by atoms with Gasteiger partial charge in [-0.25, -0.2) is 8.42 Å². The standard InChI is InChI=1S/C28H31Cl2N3O4S/c1-5-31-28(35)21(4)32(17-22-12-14-25(29)26(30)16-22)27(34)18-33(23-13-11-19(2)20(3)15-23)38(36,37)24-9-7-6-8-10-24/h6-16,21H,5,17-18H2,1-4H3,(H,31,35)/t21-/m0/s1. The number of carbonyl (C=O) groups excluding carboxylic acids is 2. The predicted octanol–water partition coefficient (Wildman–Crippen LogP) is 5.36. The van der Waals surface area contributed by atoms with Crippen LogP contribution >= 0.6 is 23.2 Å². The molecule has 202 valence electrons. The molecule has 0 saturated heterocycles. The molecule has 10 heteroatoms. The monoisotopic (exact) mass is 575 g/mol. The Balaban J connectivity index is 2.05. The van der Waals surface area contributed by atoms with Crippen LogP contribution in [0.5, 0.6) is 0 Å². The summed E-state index contributed by atoms with van der Waals surface area (Å²) >= 11 is 12.2. The van der Waals surface area contributed by atoms with Gasteiger partial charge in [0.05, 0.1) is 20.6 Å². The fourth-order valence-corrected chi connectivity index (χ4v) is 5.62. The fourth-order valence-electron chi connectivity index (χ4n) is 3.87. The molecular weight excluding hydrogens is 545 g/mol. The average Bonchev–Trinajstić information content (AvgIpc) is 2.89. The van der Waals surface area contributed by atoms with Gasteiger partial charge in [0.1, 0.15) is 12.6 Å². The number of sulfonamides is 1. The van der Waals surface area contributed by atoms with E-state index in [4.69, 9.17) is 23.2 Å². The Kier molecular flexibility index (Phi) is 9.82. The molecule has 0 unspecified atom stereocenters. The molecule has 0 heterocycles. The number of aryl methyl sites for hydroxylation is 2. The molecule has 1 atom stereocenters. The smallest absolute Gasteiger partial charge is 0.264 e. The summed E-state index contributed by atoms with van der Waals surface area (Å²) in [7, 11) is -4.11. The maximum Gasteiger partial charge on any atom is 0.264 e. The zero-order chi connectivity index (χ0) is 28.0. The number of nitrogens with one attached hydrogen (secondary N) is 1. The van der Waals surface area contributed by atoms with Crippen molar-refractivity contribution in [3.8, 4) is 0 Å². The van der Waals surface area contributed by atoms with Gasteiger partial charge in [-0.1, -0.05) is 53.5 Å². The van der Waals surface area contributed by atoms with E-state index in [-0.39, 0.29) is 17.3 Å². The lowest BCUT2D eigenvalue weighted by atomic mass is 10.1. The van der Waals surface area contributed by atoms with E-state index in [0.29, 0.717) is 27.8 Å². The number of likely N-dealkylation sites (N-methyl/N-ethyl adjacent to an activating group) is 1. The number of rotatable bonds is 10. The summed E-state index contributed by atoms with van der Waals surface area (Å²) in [6, 6.07) is 17.2. The van der Waals surface area contributed by atoms with Crippen LogP contribution in [0.15, 0.2) is 71.6 Å². The van der Waals surface area contributed by atoms with Crippen molar-refractivity contribution in [3.05, 3.63) is 93.5 Å². The maximum absolute atomic E-state index is 13.8. The van der Waals surface area contributed by atoms with Crippen molar-refractivity contribution in [2.45, 2.75) is 45.2 Å². The number of benzene rings is 3. The maximum atomic E-state index is 13.8. The number of nitrogens with zero attached hydrogens (tertiary/aromatic N) is 2. The molecule has 1 N–H and O–H groups in total. The first-order valence-electron chi connectivity index (χ1n) is 12.1. The topological polar surface area (TPSA) is 86.8 Å². The second-order valence-corrected chi connectivity index (χ2v) is 11.6. The molecule has 3 rings (SSSR count). The Morgan fingerprint density at radius 1 is 0.921 bits per heavy atom. The van der Waals surface area contributed by atoms with Crippen LogP contribution in [0.3, 0.4) is 0 Å². The highest BCUT2D eigenvalue weighted by Crippen LogP contribution is 2.27. The minimum atomic E-state index is -4.11. The fraction of sp³-hybridized carbons (Fsp3) is 0.286. The zero-order valence-corrected chi connectivity index (χ0v) is 24.1. The van der Waals surface area contributed by atoms with Gasteiger partial charge in [0, 0.05) is 13.1 Å². The van der Waals surface area contributed by atoms with Gasteiger partial charge in [0.2, 0.25) is 11.8 Å². The van der Waals surface area contributed by atoms with Crippen LogP contribution in [0.2, 0.25) is 10.0 Å². The van der Waals surface area contributed by atoms with Crippen LogP contribution in [0, 0.1) is 13.8 Å². The zero-order valence-electron chi connectivity index (χ0n) is 21.7. The second kappa shape index (κ2) is 12.7. The third kappa shape index (κ3) is 6.87. The van der Waals surface area contributed by atoms with Crippen molar-refractivity contribution >= 4 is 50.7 Å². The van der Waals surface area contributed by atoms with Crippen molar-refractivity contribution in [1.29, 1.82) is 0 Å². The van der Waals surface area contributed by atoms with Crippen molar-refractivity contribution < 1.29 is 18.0 Å². The van der Waals surface area contributed by atoms with E-state index in [9.17, 15) is 18.0 Å². The third-order valence-corrected chi connectivity index (χ3v) is 8.77. The van der Waals surface area contributed by atoms with Gasteiger partial charge in [0.15, 0.2) is 0 Å². The van der Waals surface area contributed by atoms with Crippen molar-refractivity contribution in [2.75, 3.05) is 17.4 Å². The average molecular weight is 577 g/mol. The molecule has 38 heavy (non-hydrogen) atoms. The first-order valence-corrected chi connectivity index (χ1v) is 14.3. The summed E-state index contributed by atoms with van der Waals surface area (Å²) in [5.74, 6) is -0.905. The van der Waals surface area contributed by atoms with E-state index >= 15 is 0 Å². The normalized spacial score (nSPS) is 12.1. The van der Waals surface area contributed by atoms with Gasteiger partial charge in [-0.15, -0.1) is 0 Å². The molecule has 3 aromatic rings. The van der Waals surface area contributed by atoms with Crippen molar-refractivity contribution in [3.63, 3.8) is 0 Å². The Morgan fingerprint density at radius 3 is 2.21 bits per heavy atom. The van der Waals surface area contributed by atoms with Crippen molar-refractivity contribution in [2.24, 2.45) is 0 Å². The Morgan fingerprint density at radius 2 is 1.61 bits per heavy atom. The van der Waals surface area contributed by atoms with Crippen LogP contribution in [0.4, 0.5) is 5.69 Å². The quantitative estimate of drug-likeness (QED) is 0.352. The molecular formula is C28H31Cl2N3O4S. The van der Waals surface area contributed by atoms with Crippen LogP contribution in [0.25, 0.3) is 0 Å². The first kappa shape index (κ1) is 29.5. The highest BCUT2D eigenvalue weighted by molar-refractivity contribution is 7.92. The molecule has 0 aliphatic rings. The summed E-state index contributed by atoms with van der Waals surface area (Å²) in [6.07, 6.45) is 0. The Hall–Kier alpha value is -3.07. The van der Waals surface area contributed by atoms with E-state index in [0.717, 1.165) is 15.4 Å². The molecule has 0 aliphatic carbocycles. The van der Waals surface area contributed by atoms with Crippen LogP contribution in [0.1, 0.15) is 30.5 Å². The molecule has 0 aromatic heterocycles. The van der Waals surface area contributed by atoms with Gasteiger partial charge in [-0.3, -0.25) is 13.9 Å². The lowest BCUT2D eigenvalue weighted by Crippen LogP contribution is -2.51. The van der Waals surface area contributed by atoms with Crippen LogP contribution in [-0.2, 0) is 26.2 Å². The van der Waals surface area contributed by atoms with E-state index in [1.54, 1.807) is 62.4 Å². The van der Waals surface area contributed by atoms with Gasteiger partial charge in [-0.2, -0.15) is 0 Å². The van der Waals surface area contributed by atoms with E-state index in [2.05, 4.69) is 5.32 Å². The molecule has 0 aliphatic heterocycles. The van der Waals surface area contributed by atoms with Gasteiger partial charge >= 0.3 is 0 Å². The predicted molar refractivity (Wildman–Crippen MR) is 152 cm³/mol. The first-order chi connectivity index (χ1) is 17.9. The van der Waals surface area contributed by atoms with Gasteiger partial charge < -0.3 is 10.2 Å². The van der Waals surface area contributed by atoms with Crippen molar-refractivity contribution in [1.82, 2.24) is 10.2 Å². The minimum absolute atomic E-state index is 0.0279. The molecule has 0 radical (unpaired) electrons. The molecule has 3 aromatic carbocycles. The number of amides is 2. The van der Waals surface area contributed by atoms with E-state index in [1.807, 2.05) is 19.9 Å². The number of carbonyl (C=O) groups is 2. The van der Waals surface area contributed by atoms with Gasteiger partial charge in [0.25, 0.3) is 10.0 Å². The SMILES string of the molecule is CCNC(=O)[C@H](C)N(Cc1ccc(Cl)c(Cl)c1)C(=O)CN(c1ccc(C)c(C)c1)S(=O)(=O)c1ccccc1. The molecule has 7 nitrogen and oxygen atoms in total. The minimum Gasteiger partial charge on any atom is -0.355 e. The lowest BCUT2D eigenvalue weighted by Gasteiger charge is -2.32. The van der Waals surface area contributed by atoms with Gasteiger partial charge in [-0.05, 0) is 80.8 Å². The molecule has 0 saturated carbocycles. The summed E-state index contributed by atoms with van der Waals surface area (Å²) in [4.78, 5) is 28.0. The van der Waals surface area contributed by atoms with E-state index < -0.39 is 28.5 Å². The largest absolute Gasteiger partial charge is 0.355 e. The Labute approximate surface area is 234 Å². The molecule has 0 spiro atoms. The molecule has 0 fully saturated rings. The Bertz CT molecular complexity index is 1410. The highest BCUT2D eigenvalue weighted by Gasteiger charge is 2.32. The molecule has 0 bridgehead atoms. The number of hydrogen-bond acceptors (Lipinski definition) is 4. The highest BCUT2D eigenvalue weighted by atomic mass is 35.5. The summed E-state index contributed by atoms with van der Waals surface area (Å²) < 4.78 is 28.6. The number of hydrogen-bond donors (Lipinski definition) is 1. The summed E-state index contributed by atoms with van der Waals surface area (Å²) in [5, 5.41) is 3.40. The van der Waals surface area contributed by atoms with Crippen LogP contribution in [-0.4, -0.2) is 44.3 Å². The third-order valence-electron chi connectivity index (χ3n) is 6.24. The summed E-state index contributed by atoms with van der Waals surface area (Å²) in [5.41, 5.74) is 2.87. The lowest BCUT2D eigenvalue weighted by molar-refractivity contribution is -0.139. The number of halogens is 2. The summed E-state index contributed by atoms with van der Waals surface area (Å²) in [6.45, 7) is 7.09. The second-order valence-electron chi connectivity index (χ2n) is 8.93. The van der Waals surface area contributed by atoms with E-state index in [1.165, 1.54) is 17.0 Å². The molecule has 2 amide bonds. The number of anilines is 1.